The Kier molecular flexibility index (Phi) is 4.63. The van der Waals surface area contributed by atoms with Crippen molar-refractivity contribution >= 4 is 22.0 Å². The van der Waals surface area contributed by atoms with Crippen molar-refractivity contribution in [2.45, 2.75) is 6.92 Å². The monoisotopic (exact) mass is 319 g/mol. The number of piperazine rings is 1. The van der Waals surface area contributed by atoms with Crippen LogP contribution in [0.4, 0.5) is 10.7 Å². The van der Waals surface area contributed by atoms with E-state index in [-0.39, 0.29) is 12.5 Å². The van der Waals surface area contributed by atoms with Crippen molar-refractivity contribution in [1.29, 1.82) is 0 Å². The molecule has 0 spiro atoms. The Morgan fingerprint density at radius 2 is 2.14 bits per heavy atom. The molecule has 0 aliphatic carbocycles. The van der Waals surface area contributed by atoms with Crippen LogP contribution in [0.25, 0.3) is 5.32 Å². The molecular weight excluding hydrogens is 302 g/mol. The van der Waals surface area contributed by atoms with Gasteiger partial charge in [-0.25, -0.2) is 8.42 Å². The molecular formula is C10H17N5O5S. The van der Waals surface area contributed by atoms with Crippen LogP contribution in [0.2, 0.25) is 0 Å². The first-order chi connectivity index (χ1) is 9.90. The summed E-state index contributed by atoms with van der Waals surface area (Å²) in [5, 5.41) is 9.10. The molecule has 1 aliphatic heterocycles. The van der Waals surface area contributed by atoms with E-state index in [2.05, 4.69) is 15.3 Å². The fourth-order valence-corrected chi connectivity index (χ4v) is 2.70. The van der Waals surface area contributed by atoms with Crippen LogP contribution in [0.1, 0.15) is 6.92 Å². The highest BCUT2D eigenvalue weighted by Gasteiger charge is 2.28. The molecule has 0 saturated carbocycles. The Morgan fingerprint density at radius 3 is 2.71 bits per heavy atom. The molecule has 0 N–H and O–H groups in total. The summed E-state index contributed by atoms with van der Waals surface area (Å²) in [5.41, 5.74) is 0. The molecule has 1 amide bonds. The normalized spacial score (nSPS) is 16.8. The molecule has 1 saturated heterocycles. The Balaban J connectivity index is 1.92. The van der Waals surface area contributed by atoms with Crippen molar-refractivity contribution in [3.63, 3.8) is 0 Å². The Bertz CT molecular complexity index is 593. The maximum Gasteiger partial charge on any atom is 0.257 e. The topological polar surface area (TPSA) is 111 Å². The van der Waals surface area contributed by atoms with Gasteiger partial charge in [-0.3, -0.25) is 4.79 Å². The Hall–Kier alpha value is -1.88. The predicted octanol–water partition coefficient (Wildman–Crippen LogP) is -0.663. The lowest BCUT2D eigenvalue weighted by Gasteiger charge is -2.28. The number of aromatic nitrogens is 2. The van der Waals surface area contributed by atoms with Crippen molar-refractivity contribution in [3.8, 4) is 0 Å². The summed E-state index contributed by atoms with van der Waals surface area (Å²) in [6.45, 7) is 3.55. The van der Waals surface area contributed by atoms with Crippen LogP contribution in [0.5, 0.6) is 0 Å². The Morgan fingerprint density at radius 1 is 1.48 bits per heavy atom. The molecule has 10 nitrogen and oxygen atoms in total. The van der Waals surface area contributed by atoms with Crippen molar-refractivity contribution in [2.75, 3.05) is 44.1 Å². The van der Waals surface area contributed by atoms with Gasteiger partial charge in [-0.05, 0) is 6.92 Å². The van der Waals surface area contributed by atoms with Gasteiger partial charge in [0.1, 0.15) is 5.88 Å². The van der Waals surface area contributed by atoms with E-state index in [1.807, 2.05) is 0 Å². The van der Waals surface area contributed by atoms with Crippen molar-refractivity contribution in [1.82, 2.24) is 9.58 Å². The molecule has 1 fully saturated rings. The van der Waals surface area contributed by atoms with Gasteiger partial charge in [0.25, 0.3) is 6.20 Å². The third-order valence-electron chi connectivity index (χ3n) is 2.89. The summed E-state index contributed by atoms with van der Waals surface area (Å²) in [5.74, 6) is 0.0268. The number of sulfonamides is 1. The van der Waals surface area contributed by atoms with Crippen LogP contribution < -0.4 is 9.80 Å². The molecule has 0 bridgehead atoms. The van der Waals surface area contributed by atoms with Gasteiger partial charge in [-0.2, -0.15) is 9.31 Å². The van der Waals surface area contributed by atoms with Crippen LogP contribution >= 0.6 is 0 Å². The molecule has 0 atom stereocenters. The van der Waals surface area contributed by atoms with E-state index in [9.17, 15) is 13.2 Å². The Labute approximate surface area is 122 Å². The highest BCUT2D eigenvalue weighted by atomic mass is 32.2. The SMILES string of the molecule is CCOC(=O)[N-]c1c[n+](N2CCN(S(C)(=O)=O)CC2)no1. The van der Waals surface area contributed by atoms with Crippen molar-refractivity contribution in [2.24, 2.45) is 0 Å². The van der Waals surface area contributed by atoms with E-state index in [4.69, 9.17) is 4.52 Å². The van der Waals surface area contributed by atoms with Gasteiger partial charge < -0.3 is 14.6 Å². The molecule has 1 aromatic heterocycles. The first-order valence-electron chi connectivity index (χ1n) is 6.37. The van der Waals surface area contributed by atoms with E-state index in [0.29, 0.717) is 26.2 Å². The molecule has 1 aromatic rings. The van der Waals surface area contributed by atoms with E-state index in [1.54, 1.807) is 11.9 Å². The van der Waals surface area contributed by atoms with E-state index in [1.165, 1.54) is 21.5 Å². The molecule has 118 valence electrons. The summed E-state index contributed by atoms with van der Waals surface area (Å²) in [6.07, 6.45) is 1.87. The van der Waals surface area contributed by atoms with Gasteiger partial charge in [0, 0.05) is 13.1 Å². The lowest BCUT2D eigenvalue weighted by atomic mass is 10.4. The number of amides is 1. The van der Waals surface area contributed by atoms with Gasteiger partial charge in [-0.1, -0.05) is 0 Å². The molecule has 2 heterocycles. The third kappa shape index (κ3) is 4.04. The van der Waals surface area contributed by atoms with Crippen LogP contribution in [0, 0.1) is 0 Å². The standard InChI is InChI=1S/C10H17N5O5S/c1-3-19-10(16)11-9-8-15(12-20-9)13-4-6-14(7-5-13)21(2,17)18/h8H,3-7H2,1-2H3. The molecule has 1 aliphatic rings. The predicted molar refractivity (Wildman–Crippen MR) is 71.1 cm³/mol. The van der Waals surface area contributed by atoms with Crippen LogP contribution in [-0.2, 0) is 14.8 Å². The van der Waals surface area contributed by atoms with Gasteiger partial charge >= 0.3 is 0 Å². The van der Waals surface area contributed by atoms with Crippen molar-refractivity contribution in [3.05, 3.63) is 11.5 Å². The minimum absolute atomic E-state index is 0.0268. The summed E-state index contributed by atoms with van der Waals surface area (Å²) in [4.78, 5) is 12.6. The average Bonchev–Trinajstić information content (AvgIpc) is 2.86. The maximum atomic E-state index is 11.4. The molecule has 0 unspecified atom stereocenters. The van der Waals surface area contributed by atoms with E-state index >= 15 is 0 Å². The number of hydrogen-bond donors (Lipinski definition) is 0. The van der Waals surface area contributed by atoms with Crippen molar-refractivity contribution < 1.29 is 27.3 Å². The van der Waals surface area contributed by atoms with Gasteiger partial charge in [0.2, 0.25) is 21.4 Å². The third-order valence-corrected chi connectivity index (χ3v) is 4.19. The van der Waals surface area contributed by atoms with E-state index < -0.39 is 16.1 Å². The minimum atomic E-state index is -3.17. The molecule has 0 radical (unpaired) electrons. The summed E-state index contributed by atoms with van der Waals surface area (Å²) < 4.78 is 33.8. The van der Waals surface area contributed by atoms with E-state index in [0.717, 1.165) is 0 Å². The molecule has 21 heavy (non-hydrogen) atoms. The number of hydrogen-bond acceptors (Lipinski definition) is 7. The second-order valence-electron chi connectivity index (χ2n) is 4.39. The van der Waals surface area contributed by atoms with Gasteiger partial charge in [0.15, 0.2) is 0 Å². The number of rotatable bonds is 4. The van der Waals surface area contributed by atoms with Crippen LogP contribution in [0.15, 0.2) is 10.7 Å². The largest absolute Gasteiger partial charge is 0.552 e. The first-order valence-corrected chi connectivity index (χ1v) is 8.22. The lowest BCUT2D eigenvalue weighted by Crippen LogP contribution is -2.65. The van der Waals surface area contributed by atoms with Gasteiger partial charge in [-0.15, -0.1) is 0 Å². The number of nitrogens with zero attached hydrogens (tertiary/aromatic N) is 5. The molecule has 0 aromatic carbocycles. The average molecular weight is 319 g/mol. The smallest absolute Gasteiger partial charge is 0.257 e. The summed E-state index contributed by atoms with van der Waals surface area (Å²) in [6, 6.07) is 0. The molecule has 2 rings (SSSR count). The summed E-state index contributed by atoms with van der Waals surface area (Å²) in [7, 11) is -3.17. The van der Waals surface area contributed by atoms with Crippen LogP contribution in [0.3, 0.4) is 0 Å². The van der Waals surface area contributed by atoms with Crippen LogP contribution in [-0.4, -0.2) is 63.1 Å². The number of carbonyl (C=O) groups excluding carboxylic acids is 1. The quantitative estimate of drug-likeness (QED) is 0.677. The fraction of sp³-hybridized carbons (Fsp3) is 0.700. The maximum absolute atomic E-state index is 11.4. The highest BCUT2D eigenvalue weighted by molar-refractivity contribution is 7.88. The molecule has 11 heteroatoms. The number of carbonyl (C=O) groups is 1. The number of ether oxygens (including phenoxy) is 1. The fourth-order valence-electron chi connectivity index (χ4n) is 1.87. The zero-order valence-electron chi connectivity index (χ0n) is 11.8. The second kappa shape index (κ2) is 6.26. The summed E-state index contributed by atoms with van der Waals surface area (Å²) >= 11 is 0. The highest BCUT2D eigenvalue weighted by Crippen LogP contribution is 2.15. The second-order valence-corrected chi connectivity index (χ2v) is 6.37. The first kappa shape index (κ1) is 15.5. The minimum Gasteiger partial charge on any atom is -0.552 e. The van der Waals surface area contributed by atoms with Gasteiger partial charge in [0.05, 0.1) is 30.7 Å². The zero-order chi connectivity index (χ0) is 15.5. The lowest BCUT2D eigenvalue weighted by molar-refractivity contribution is -0.759. The zero-order valence-corrected chi connectivity index (χ0v) is 12.6.